The first kappa shape index (κ1) is 27.7. The number of rotatable bonds is 11. The zero-order chi connectivity index (χ0) is 29.6. The maximum atomic E-state index is 13.2. The van der Waals surface area contributed by atoms with E-state index < -0.39 is 12.0 Å². The number of pyridine rings is 1. The highest BCUT2D eigenvalue weighted by molar-refractivity contribution is 6.12. The lowest BCUT2D eigenvalue weighted by molar-refractivity contribution is -0.141. The summed E-state index contributed by atoms with van der Waals surface area (Å²) >= 11 is 0. The molecule has 0 aliphatic heterocycles. The van der Waals surface area contributed by atoms with E-state index in [2.05, 4.69) is 27.0 Å². The molecule has 1 N–H and O–H groups in total. The first-order valence-corrected chi connectivity index (χ1v) is 14.2. The highest BCUT2D eigenvalue weighted by atomic mass is 16.5. The summed E-state index contributed by atoms with van der Waals surface area (Å²) in [5.74, 6) is 0.206. The second-order valence-corrected chi connectivity index (χ2v) is 10.2. The van der Waals surface area contributed by atoms with Crippen LogP contribution in [0, 0.1) is 0 Å². The van der Waals surface area contributed by atoms with Crippen molar-refractivity contribution < 1.29 is 19.1 Å². The Morgan fingerprint density at radius 1 is 0.814 bits per heavy atom. The van der Waals surface area contributed by atoms with E-state index in [0.717, 1.165) is 22.3 Å². The summed E-state index contributed by atoms with van der Waals surface area (Å²) in [5.41, 5.74) is 4.80. The highest BCUT2D eigenvalue weighted by Gasteiger charge is 2.22. The van der Waals surface area contributed by atoms with Crippen molar-refractivity contribution in [2.75, 3.05) is 19.0 Å². The largest absolute Gasteiger partial charge is 0.492 e. The number of ketones is 1. The minimum atomic E-state index is -0.689. The number of aromatic nitrogens is 2. The summed E-state index contributed by atoms with van der Waals surface area (Å²) in [6.45, 7) is 1.16. The van der Waals surface area contributed by atoms with Crippen molar-refractivity contribution in [2.24, 2.45) is 0 Å². The van der Waals surface area contributed by atoms with Gasteiger partial charge in [0, 0.05) is 45.7 Å². The molecule has 6 aromatic rings. The van der Waals surface area contributed by atoms with Crippen LogP contribution in [0.25, 0.3) is 21.8 Å². The fraction of sp³-hybridized carbons (Fsp3) is 0.139. The summed E-state index contributed by atoms with van der Waals surface area (Å²) in [5, 5.41) is 5.63. The molecule has 7 heteroatoms. The molecule has 2 aromatic heterocycles. The monoisotopic (exact) mass is 569 g/mol. The average molecular weight is 570 g/mol. The number of fused-ring (bicyclic) bond motifs is 3. The topological polar surface area (TPSA) is 82.4 Å². The standard InChI is InChI=1S/C36H31N3O4/c1-42-36(41)32(38-31-13-7-5-12-30(31)35(40)26-9-3-2-4-10-26)23-25-15-17-27(18-16-25)43-22-21-39-33-14-8-6-11-28(33)29-19-20-37-24-34(29)39/h2-20,24,32,38H,21-23H2,1H3/t32-/m0/s1. The lowest BCUT2D eigenvalue weighted by Crippen LogP contribution is -2.33. The molecule has 0 aliphatic rings. The number of benzene rings is 4. The molecule has 0 saturated heterocycles. The predicted octanol–water partition coefficient (Wildman–Crippen LogP) is 6.70. The molecule has 1 atom stereocenters. The normalized spacial score (nSPS) is 11.7. The van der Waals surface area contributed by atoms with E-state index >= 15 is 0 Å². The first-order chi connectivity index (χ1) is 21.1. The van der Waals surface area contributed by atoms with E-state index in [4.69, 9.17) is 9.47 Å². The molecule has 0 fully saturated rings. The van der Waals surface area contributed by atoms with Gasteiger partial charge in [-0.05, 0) is 42.0 Å². The SMILES string of the molecule is COC(=O)[C@H](Cc1ccc(OCCn2c3ccccc3c3ccncc32)cc1)Nc1ccccc1C(=O)c1ccccc1. The molecule has 0 spiro atoms. The molecule has 2 heterocycles. The third-order valence-electron chi connectivity index (χ3n) is 7.55. The van der Waals surface area contributed by atoms with Crippen LogP contribution in [-0.4, -0.2) is 41.1 Å². The van der Waals surface area contributed by atoms with Crippen molar-refractivity contribution in [2.45, 2.75) is 19.0 Å². The van der Waals surface area contributed by atoms with E-state index in [9.17, 15) is 9.59 Å². The molecule has 0 bridgehead atoms. The average Bonchev–Trinajstić information content (AvgIpc) is 3.38. The molecule has 43 heavy (non-hydrogen) atoms. The Morgan fingerprint density at radius 2 is 1.53 bits per heavy atom. The van der Waals surface area contributed by atoms with Crippen LogP contribution < -0.4 is 10.1 Å². The van der Waals surface area contributed by atoms with Crippen LogP contribution in [0.1, 0.15) is 21.5 Å². The summed E-state index contributed by atoms with van der Waals surface area (Å²) < 4.78 is 13.4. The molecule has 0 aliphatic carbocycles. The summed E-state index contributed by atoms with van der Waals surface area (Å²) in [6, 6.07) is 33.7. The minimum absolute atomic E-state index is 0.119. The van der Waals surface area contributed by atoms with Gasteiger partial charge in [-0.25, -0.2) is 4.79 Å². The maximum Gasteiger partial charge on any atom is 0.328 e. The second kappa shape index (κ2) is 12.6. The van der Waals surface area contributed by atoms with Gasteiger partial charge in [-0.15, -0.1) is 0 Å². The molecule has 214 valence electrons. The zero-order valence-corrected chi connectivity index (χ0v) is 23.8. The van der Waals surface area contributed by atoms with Crippen molar-refractivity contribution in [3.8, 4) is 5.75 Å². The number of carbonyl (C=O) groups is 2. The second-order valence-electron chi connectivity index (χ2n) is 10.2. The Morgan fingerprint density at radius 3 is 2.35 bits per heavy atom. The molecule has 0 unspecified atom stereocenters. The predicted molar refractivity (Wildman–Crippen MR) is 169 cm³/mol. The third kappa shape index (κ3) is 5.97. The molecule has 0 amide bonds. The molecule has 0 saturated carbocycles. The van der Waals surface area contributed by atoms with Crippen LogP contribution in [0.5, 0.6) is 5.75 Å². The number of para-hydroxylation sites is 2. The van der Waals surface area contributed by atoms with Crippen LogP contribution >= 0.6 is 0 Å². The van der Waals surface area contributed by atoms with Gasteiger partial charge in [0.25, 0.3) is 0 Å². The third-order valence-corrected chi connectivity index (χ3v) is 7.55. The summed E-state index contributed by atoms with van der Waals surface area (Å²) in [6.07, 6.45) is 4.08. The molecular formula is C36H31N3O4. The lowest BCUT2D eigenvalue weighted by atomic mass is 10.00. The number of esters is 1. The number of carbonyl (C=O) groups excluding carboxylic acids is 2. The van der Waals surface area contributed by atoms with Crippen LogP contribution in [0.3, 0.4) is 0 Å². The van der Waals surface area contributed by atoms with Gasteiger partial charge in [-0.1, -0.05) is 72.8 Å². The summed E-state index contributed by atoms with van der Waals surface area (Å²) in [7, 11) is 1.36. The molecule has 4 aromatic carbocycles. The minimum Gasteiger partial charge on any atom is -0.492 e. The van der Waals surface area contributed by atoms with E-state index in [1.54, 1.807) is 24.3 Å². The fourth-order valence-electron chi connectivity index (χ4n) is 5.42. The lowest BCUT2D eigenvalue weighted by Gasteiger charge is -2.20. The zero-order valence-electron chi connectivity index (χ0n) is 23.8. The highest BCUT2D eigenvalue weighted by Crippen LogP contribution is 2.28. The number of hydrogen-bond acceptors (Lipinski definition) is 6. The van der Waals surface area contributed by atoms with E-state index in [-0.39, 0.29) is 5.78 Å². The van der Waals surface area contributed by atoms with Crippen molar-refractivity contribution in [3.63, 3.8) is 0 Å². The van der Waals surface area contributed by atoms with E-state index in [1.807, 2.05) is 85.2 Å². The van der Waals surface area contributed by atoms with Crippen molar-refractivity contribution in [1.82, 2.24) is 9.55 Å². The van der Waals surface area contributed by atoms with Gasteiger partial charge in [0.05, 0.1) is 25.4 Å². The van der Waals surface area contributed by atoms with Crippen molar-refractivity contribution in [3.05, 3.63) is 138 Å². The van der Waals surface area contributed by atoms with Gasteiger partial charge in [-0.2, -0.15) is 0 Å². The Labute approximate surface area is 249 Å². The Hall–Kier alpha value is -5.43. The van der Waals surface area contributed by atoms with Crippen molar-refractivity contribution >= 4 is 39.2 Å². The number of methoxy groups -OCH3 is 1. The Balaban J connectivity index is 1.13. The number of hydrogen-bond donors (Lipinski definition) is 1. The maximum absolute atomic E-state index is 13.2. The fourth-order valence-corrected chi connectivity index (χ4v) is 5.42. The number of nitrogens with zero attached hydrogens (tertiary/aromatic N) is 2. The van der Waals surface area contributed by atoms with Gasteiger partial charge >= 0.3 is 5.97 Å². The van der Waals surface area contributed by atoms with E-state index in [1.165, 1.54) is 17.9 Å². The van der Waals surface area contributed by atoms with Crippen molar-refractivity contribution in [1.29, 1.82) is 0 Å². The van der Waals surface area contributed by atoms with Gasteiger partial charge < -0.3 is 19.4 Å². The molecule has 7 nitrogen and oxygen atoms in total. The molecule has 6 rings (SSSR count). The molecular weight excluding hydrogens is 538 g/mol. The van der Waals surface area contributed by atoms with Gasteiger partial charge in [-0.3, -0.25) is 9.78 Å². The quantitative estimate of drug-likeness (QED) is 0.138. The van der Waals surface area contributed by atoms with Gasteiger partial charge in [0.1, 0.15) is 18.4 Å². The number of nitrogens with one attached hydrogen (secondary N) is 1. The smallest absolute Gasteiger partial charge is 0.328 e. The number of ether oxygens (including phenoxy) is 2. The number of anilines is 1. The Bertz CT molecular complexity index is 1830. The summed E-state index contributed by atoms with van der Waals surface area (Å²) in [4.78, 5) is 30.3. The van der Waals surface area contributed by atoms with Crippen LogP contribution in [0.4, 0.5) is 5.69 Å². The first-order valence-electron chi connectivity index (χ1n) is 14.2. The van der Waals surface area contributed by atoms with Crippen LogP contribution in [0.15, 0.2) is 122 Å². The van der Waals surface area contributed by atoms with E-state index in [0.29, 0.717) is 36.4 Å². The van der Waals surface area contributed by atoms with Gasteiger partial charge in [0.15, 0.2) is 5.78 Å². The van der Waals surface area contributed by atoms with Gasteiger partial charge in [0.2, 0.25) is 0 Å². The molecule has 0 radical (unpaired) electrons. The van der Waals surface area contributed by atoms with Crippen LogP contribution in [0.2, 0.25) is 0 Å². The van der Waals surface area contributed by atoms with Crippen LogP contribution in [-0.2, 0) is 22.5 Å². The Kier molecular flexibility index (Phi) is 8.13.